The quantitative estimate of drug-likeness (QED) is 0.239. The molecule has 3 rings (SSSR count). The lowest BCUT2D eigenvalue weighted by molar-refractivity contribution is -0.384. The molecule has 2 aliphatic heterocycles. The van der Waals surface area contributed by atoms with Crippen LogP contribution in [0.5, 0.6) is 0 Å². The van der Waals surface area contributed by atoms with Crippen molar-refractivity contribution in [1.82, 2.24) is 14.2 Å². The number of hydrazone groups is 1. The molecule has 160 valence electrons. The molecule has 2 saturated heterocycles. The van der Waals surface area contributed by atoms with E-state index in [0.29, 0.717) is 63.9 Å². The van der Waals surface area contributed by atoms with Crippen LogP contribution in [0.25, 0.3) is 0 Å². The van der Waals surface area contributed by atoms with Crippen molar-refractivity contribution >= 4 is 24.4 Å². The smallest absolute Gasteiger partial charge is 0.282 e. The molecule has 2 heterocycles. The first-order valence-corrected chi connectivity index (χ1v) is 11.1. The summed E-state index contributed by atoms with van der Waals surface area (Å²) in [6.45, 7) is 4.29. The summed E-state index contributed by atoms with van der Waals surface area (Å²) in [6, 6.07) is 5.94. The van der Waals surface area contributed by atoms with Crippen LogP contribution in [0, 0.1) is 10.1 Å². The second-order valence-electron chi connectivity index (χ2n) is 6.90. The highest BCUT2D eigenvalue weighted by Gasteiger charge is 2.44. The van der Waals surface area contributed by atoms with E-state index in [1.807, 2.05) is 23.4 Å². The minimum Gasteiger partial charge on any atom is -0.379 e. The number of anilines is 1. The van der Waals surface area contributed by atoms with E-state index in [1.54, 1.807) is 17.0 Å². The van der Waals surface area contributed by atoms with Crippen LogP contribution in [0.2, 0.25) is 0 Å². The van der Waals surface area contributed by atoms with Crippen LogP contribution in [0.3, 0.4) is 0 Å². The Morgan fingerprint density at radius 3 is 1.97 bits per heavy atom. The third kappa shape index (κ3) is 4.93. The number of nitrogens with zero attached hydrogens (tertiary/aromatic N) is 5. The summed E-state index contributed by atoms with van der Waals surface area (Å²) >= 11 is 0. The number of nitro groups is 1. The Kier molecular flexibility index (Phi) is 7.20. The van der Waals surface area contributed by atoms with Crippen LogP contribution >= 0.6 is 7.44 Å². The van der Waals surface area contributed by atoms with Crippen molar-refractivity contribution in [3.63, 3.8) is 0 Å². The van der Waals surface area contributed by atoms with Gasteiger partial charge >= 0.3 is 0 Å². The number of amidine groups is 1. The van der Waals surface area contributed by atoms with Gasteiger partial charge in [-0.25, -0.2) is 9.34 Å². The molecular formula is C17H27N6O5P. The van der Waals surface area contributed by atoms with E-state index in [-0.39, 0.29) is 5.69 Å². The van der Waals surface area contributed by atoms with Gasteiger partial charge in [-0.2, -0.15) is 5.10 Å². The van der Waals surface area contributed by atoms with Crippen molar-refractivity contribution in [3.05, 3.63) is 34.4 Å². The summed E-state index contributed by atoms with van der Waals surface area (Å²) < 4.78 is 29.3. The fraction of sp³-hybridized carbons (Fsp3) is 0.588. The van der Waals surface area contributed by atoms with Gasteiger partial charge in [-0.1, -0.05) is 0 Å². The molecule has 1 aromatic carbocycles. The SMILES string of the molecule is CN(C)/C(=N/Nc1ccc([N+](=O)[O-])cc1)P(=O)(N1CCOCC1)N1CCOCC1. The van der Waals surface area contributed by atoms with Crippen molar-refractivity contribution in [2.24, 2.45) is 5.10 Å². The zero-order chi connectivity index (χ0) is 20.9. The van der Waals surface area contributed by atoms with Gasteiger partial charge in [-0.3, -0.25) is 20.1 Å². The van der Waals surface area contributed by atoms with E-state index < -0.39 is 12.4 Å². The number of nitrogens with one attached hydrogen (secondary N) is 1. The molecule has 0 atom stereocenters. The Balaban J connectivity index is 1.91. The topological polar surface area (TPSA) is 113 Å². The number of rotatable bonds is 6. The lowest BCUT2D eigenvalue weighted by Gasteiger charge is -2.43. The summed E-state index contributed by atoms with van der Waals surface area (Å²) in [5.74, 6) is 0. The Morgan fingerprint density at radius 2 is 1.55 bits per heavy atom. The molecule has 2 fully saturated rings. The average molecular weight is 426 g/mol. The van der Waals surface area contributed by atoms with Crippen LogP contribution in [0.4, 0.5) is 11.4 Å². The number of nitro benzene ring substituents is 1. The molecule has 29 heavy (non-hydrogen) atoms. The van der Waals surface area contributed by atoms with Crippen LogP contribution < -0.4 is 5.43 Å². The maximum Gasteiger partial charge on any atom is 0.282 e. The van der Waals surface area contributed by atoms with Gasteiger partial charge in [-0.15, -0.1) is 0 Å². The Hall–Kier alpha value is -2.04. The molecule has 1 N–H and O–H groups in total. The first-order chi connectivity index (χ1) is 13.9. The Morgan fingerprint density at radius 1 is 1.07 bits per heavy atom. The van der Waals surface area contributed by atoms with E-state index >= 15 is 0 Å². The number of benzene rings is 1. The number of ether oxygens (including phenoxy) is 2. The third-order valence-electron chi connectivity index (χ3n) is 4.77. The van der Waals surface area contributed by atoms with E-state index in [9.17, 15) is 14.7 Å². The fourth-order valence-electron chi connectivity index (χ4n) is 3.28. The molecule has 0 bridgehead atoms. The second-order valence-corrected chi connectivity index (χ2v) is 9.52. The highest BCUT2D eigenvalue weighted by Crippen LogP contribution is 2.55. The molecular weight excluding hydrogens is 399 g/mol. The highest BCUT2D eigenvalue weighted by atomic mass is 31.2. The molecule has 11 nitrogen and oxygen atoms in total. The van der Waals surface area contributed by atoms with Crippen molar-refractivity contribution in [1.29, 1.82) is 0 Å². The average Bonchev–Trinajstić information content (AvgIpc) is 2.75. The Labute approximate surface area is 169 Å². The molecule has 0 amide bonds. The number of hydrogen-bond donors (Lipinski definition) is 1. The maximum atomic E-state index is 14.5. The largest absolute Gasteiger partial charge is 0.379 e. The van der Waals surface area contributed by atoms with Crippen LogP contribution in [-0.2, 0) is 14.0 Å². The molecule has 0 aliphatic carbocycles. The van der Waals surface area contributed by atoms with Crippen LogP contribution in [0.1, 0.15) is 0 Å². The summed E-state index contributed by atoms with van der Waals surface area (Å²) in [5, 5.41) is 15.3. The minimum atomic E-state index is -3.19. The summed E-state index contributed by atoms with van der Waals surface area (Å²) in [5.41, 5.74) is 3.90. The standard InChI is InChI=1S/C17H27N6O5P/c1-20(2)17(19-18-15-3-5-16(6-4-15)23(24)25)29(26,21-7-11-27-12-8-21)22-9-13-28-14-10-22/h3-6,18H,7-14H2,1-2H3/b19-17-. The maximum absolute atomic E-state index is 14.5. The molecule has 0 spiro atoms. The predicted molar refractivity (Wildman–Crippen MR) is 110 cm³/mol. The van der Waals surface area contributed by atoms with Gasteiger partial charge in [0.2, 0.25) is 5.58 Å². The third-order valence-corrected chi connectivity index (χ3v) is 8.12. The van der Waals surface area contributed by atoms with Gasteiger partial charge in [0.05, 0.1) is 37.0 Å². The first-order valence-electron chi connectivity index (χ1n) is 9.45. The van der Waals surface area contributed by atoms with Gasteiger partial charge < -0.3 is 14.4 Å². The van der Waals surface area contributed by atoms with Gasteiger partial charge in [0.1, 0.15) is 0 Å². The van der Waals surface area contributed by atoms with E-state index in [2.05, 4.69) is 10.5 Å². The zero-order valence-corrected chi connectivity index (χ0v) is 17.6. The lowest BCUT2D eigenvalue weighted by atomic mass is 10.3. The molecule has 2 aliphatic rings. The van der Waals surface area contributed by atoms with Gasteiger partial charge in [0.15, 0.2) is 0 Å². The summed E-state index contributed by atoms with van der Waals surface area (Å²) in [7, 11) is 0.432. The van der Waals surface area contributed by atoms with E-state index in [1.165, 1.54) is 12.1 Å². The number of morpholine rings is 2. The van der Waals surface area contributed by atoms with Crippen LogP contribution in [0.15, 0.2) is 29.4 Å². The molecule has 1 aromatic rings. The molecule has 0 saturated carbocycles. The van der Waals surface area contributed by atoms with Gasteiger partial charge in [-0.05, 0) is 12.1 Å². The second kappa shape index (κ2) is 9.64. The van der Waals surface area contributed by atoms with Gasteiger partial charge in [0, 0.05) is 52.4 Å². The highest BCUT2D eigenvalue weighted by molar-refractivity contribution is 7.76. The minimum absolute atomic E-state index is 0.000308. The molecule has 0 unspecified atom stereocenters. The number of non-ortho nitro benzene ring substituents is 1. The molecule has 0 radical (unpaired) electrons. The van der Waals surface area contributed by atoms with Gasteiger partial charge in [0.25, 0.3) is 13.1 Å². The zero-order valence-electron chi connectivity index (χ0n) is 16.7. The van der Waals surface area contributed by atoms with Crippen molar-refractivity contribution < 1.29 is 19.0 Å². The van der Waals surface area contributed by atoms with E-state index in [4.69, 9.17) is 9.47 Å². The van der Waals surface area contributed by atoms with Crippen LogP contribution in [-0.4, -0.2) is 91.4 Å². The summed E-state index contributed by atoms with van der Waals surface area (Å²) in [6.07, 6.45) is 0. The van der Waals surface area contributed by atoms with Crippen molar-refractivity contribution in [2.75, 3.05) is 72.1 Å². The molecule has 0 aromatic heterocycles. The van der Waals surface area contributed by atoms with E-state index in [0.717, 1.165) is 0 Å². The first kappa shape index (κ1) is 21.7. The molecule has 12 heteroatoms. The number of hydrogen-bond acceptors (Lipinski definition) is 7. The lowest BCUT2D eigenvalue weighted by Crippen LogP contribution is -2.47. The van der Waals surface area contributed by atoms with Crippen molar-refractivity contribution in [2.45, 2.75) is 0 Å². The Bertz CT molecular complexity index is 753. The van der Waals surface area contributed by atoms with Crippen molar-refractivity contribution in [3.8, 4) is 0 Å². The monoisotopic (exact) mass is 426 g/mol. The predicted octanol–water partition coefficient (Wildman–Crippen LogP) is 1.70. The fourth-order valence-corrected chi connectivity index (χ4v) is 6.26. The summed E-state index contributed by atoms with van der Waals surface area (Å²) in [4.78, 5) is 12.1. The normalized spacial score (nSPS) is 19.7.